The highest BCUT2D eigenvalue weighted by atomic mass is 32.7. The molecule has 1 unspecified atom stereocenters. The van der Waals surface area contributed by atoms with Crippen molar-refractivity contribution in [3.8, 4) is 5.75 Å². The summed E-state index contributed by atoms with van der Waals surface area (Å²) in [6, 6.07) is 20.7. The zero-order chi connectivity index (χ0) is 25.3. The molecule has 35 heavy (non-hydrogen) atoms. The first kappa shape index (κ1) is 26.8. The van der Waals surface area contributed by atoms with Gasteiger partial charge in [0.05, 0.1) is 37.9 Å². The number of nitrogens with zero attached hydrogens (tertiary/aromatic N) is 2. The molecular weight excluding hydrogens is 483 g/mol. The van der Waals surface area contributed by atoms with Crippen LogP contribution in [0.5, 0.6) is 5.75 Å². The minimum atomic E-state index is -3.27. The van der Waals surface area contributed by atoms with Crippen molar-refractivity contribution in [3.05, 3.63) is 72.3 Å². The van der Waals surface area contributed by atoms with Crippen molar-refractivity contribution < 1.29 is 23.4 Å². The molecule has 0 aliphatic carbocycles. The van der Waals surface area contributed by atoms with Crippen LogP contribution in [0.25, 0.3) is 10.8 Å². The quantitative estimate of drug-likeness (QED) is 0.112. The molecule has 1 atom stereocenters. The van der Waals surface area contributed by atoms with Crippen LogP contribution in [0.2, 0.25) is 0 Å². The summed E-state index contributed by atoms with van der Waals surface area (Å²) in [6.45, 7) is 3.42. The molecule has 186 valence electrons. The third kappa shape index (κ3) is 7.59. The van der Waals surface area contributed by atoms with Crippen LogP contribution in [-0.4, -0.2) is 49.1 Å². The van der Waals surface area contributed by atoms with E-state index < -0.39 is 12.7 Å². The summed E-state index contributed by atoms with van der Waals surface area (Å²) in [7, 11) is 1.34. The molecule has 3 rings (SSSR count). The van der Waals surface area contributed by atoms with Gasteiger partial charge in [-0.3, -0.25) is 9.24 Å². The molecule has 9 heteroatoms. The molecule has 0 fully saturated rings. The fourth-order valence-electron chi connectivity index (χ4n) is 3.29. The molecule has 0 aliphatic rings. The van der Waals surface area contributed by atoms with E-state index in [-0.39, 0.29) is 5.25 Å². The topological polar surface area (TPSA) is 77.4 Å². The average molecular weight is 515 g/mol. The van der Waals surface area contributed by atoms with Gasteiger partial charge >= 0.3 is 12.7 Å². The van der Waals surface area contributed by atoms with Gasteiger partial charge in [0.2, 0.25) is 0 Å². The summed E-state index contributed by atoms with van der Waals surface area (Å²) in [6.07, 6.45) is 1.53. The number of rotatable bonds is 12. The van der Waals surface area contributed by atoms with E-state index in [0.29, 0.717) is 31.0 Å². The Bertz CT molecular complexity index is 1200. The number of carbonyl (C=O) groups excluding carboxylic acids is 1. The first-order valence-electron chi connectivity index (χ1n) is 11.4. The lowest BCUT2D eigenvalue weighted by atomic mass is 10.1. The summed E-state index contributed by atoms with van der Waals surface area (Å²) in [5, 5.41) is 2.32. The van der Waals surface area contributed by atoms with Crippen molar-refractivity contribution in [2.24, 2.45) is 4.99 Å². The highest BCUT2D eigenvalue weighted by molar-refractivity contribution is 8.56. The van der Waals surface area contributed by atoms with Crippen LogP contribution < -0.4 is 4.74 Å². The normalized spacial score (nSPS) is 13.2. The standard InChI is InChI=1S/C26H31N2O5PS/c1-5-33-34(30,35-20(2)3)28(19-27-24-13-10-22(11-14-24)26(29)31-4)16-17-32-25-15-12-21-8-6-7-9-23(21)18-25/h6-15,18-20H,5,16-17H2,1-4H3. The van der Waals surface area contributed by atoms with E-state index in [0.717, 1.165) is 16.5 Å². The van der Waals surface area contributed by atoms with Crippen LogP contribution in [0.4, 0.5) is 5.69 Å². The molecule has 0 aliphatic heterocycles. The summed E-state index contributed by atoms with van der Waals surface area (Å²) >= 11 is 1.28. The SMILES string of the molecule is CCOP(=O)(SC(C)C)N(C=Nc1ccc(C(=O)OC)cc1)CCOc1ccc2ccccc2c1. The van der Waals surface area contributed by atoms with E-state index in [1.807, 2.05) is 57.2 Å². The molecule has 3 aromatic rings. The molecule has 7 nitrogen and oxygen atoms in total. The van der Waals surface area contributed by atoms with Crippen LogP contribution in [0.3, 0.4) is 0 Å². The summed E-state index contributed by atoms with van der Waals surface area (Å²) in [5.41, 5.74) is 1.04. The first-order chi connectivity index (χ1) is 16.8. The summed E-state index contributed by atoms with van der Waals surface area (Å²) < 4.78 is 31.9. The zero-order valence-corrected chi connectivity index (χ0v) is 22.1. The number of hydrogen-bond donors (Lipinski definition) is 0. The van der Waals surface area contributed by atoms with E-state index >= 15 is 0 Å². The van der Waals surface area contributed by atoms with Crippen LogP contribution in [-0.2, 0) is 13.8 Å². The van der Waals surface area contributed by atoms with Crippen LogP contribution in [0.1, 0.15) is 31.1 Å². The van der Waals surface area contributed by atoms with Gasteiger partial charge in [0.25, 0.3) is 0 Å². The summed E-state index contributed by atoms with van der Waals surface area (Å²) in [4.78, 5) is 16.1. The van der Waals surface area contributed by atoms with Crippen LogP contribution >= 0.6 is 18.1 Å². The molecule has 0 N–H and O–H groups in total. The highest BCUT2D eigenvalue weighted by Gasteiger charge is 2.32. The van der Waals surface area contributed by atoms with Crippen molar-refractivity contribution in [1.29, 1.82) is 0 Å². The predicted molar refractivity (Wildman–Crippen MR) is 144 cm³/mol. The second-order valence-electron chi connectivity index (χ2n) is 7.84. The number of aliphatic imine (C=N–C) groups is 1. The molecule has 0 heterocycles. The summed E-state index contributed by atoms with van der Waals surface area (Å²) in [5.74, 6) is 0.323. The second-order valence-corrected chi connectivity index (χ2v) is 12.7. The van der Waals surface area contributed by atoms with Gasteiger partial charge in [-0.1, -0.05) is 44.2 Å². The molecule has 0 bridgehead atoms. The zero-order valence-electron chi connectivity index (χ0n) is 20.4. The minimum absolute atomic E-state index is 0.0871. The third-order valence-electron chi connectivity index (χ3n) is 4.89. The minimum Gasteiger partial charge on any atom is -0.492 e. The lowest BCUT2D eigenvalue weighted by molar-refractivity contribution is 0.0600. The van der Waals surface area contributed by atoms with Crippen LogP contribution in [0, 0.1) is 0 Å². The van der Waals surface area contributed by atoms with Gasteiger partial charge in [-0.15, -0.1) is 0 Å². The Morgan fingerprint density at radius 1 is 1.09 bits per heavy atom. The fraction of sp³-hybridized carbons (Fsp3) is 0.308. The Labute approximate surface area is 210 Å². The van der Waals surface area contributed by atoms with Gasteiger partial charge in [0, 0.05) is 5.25 Å². The number of methoxy groups -OCH3 is 1. The van der Waals surface area contributed by atoms with Crippen molar-refractivity contribution in [2.45, 2.75) is 26.0 Å². The second kappa shape index (κ2) is 12.8. The maximum Gasteiger partial charge on any atom is 0.354 e. The van der Waals surface area contributed by atoms with E-state index in [1.54, 1.807) is 28.9 Å². The maximum atomic E-state index is 13.8. The lowest BCUT2D eigenvalue weighted by Gasteiger charge is -2.29. The average Bonchev–Trinajstić information content (AvgIpc) is 2.85. The van der Waals surface area contributed by atoms with Crippen LogP contribution in [0.15, 0.2) is 71.7 Å². The largest absolute Gasteiger partial charge is 0.492 e. The van der Waals surface area contributed by atoms with Crippen molar-refractivity contribution in [1.82, 2.24) is 4.67 Å². The molecule has 0 radical (unpaired) electrons. The van der Waals surface area contributed by atoms with E-state index in [2.05, 4.69) is 11.1 Å². The maximum absolute atomic E-state index is 13.8. The molecular formula is C26H31N2O5PS. The number of benzene rings is 3. The van der Waals surface area contributed by atoms with E-state index in [4.69, 9.17) is 14.0 Å². The number of ether oxygens (including phenoxy) is 2. The molecule has 0 saturated carbocycles. The van der Waals surface area contributed by atoms with Crippen molar-refractivity contribution in [2.75, 3.05) is 26.9 Å². The van der Waals surface area contributed by atoms with Gasteiger partial charge in [-0.25, -0.2) is 9.79 Å². The molecule has 3 aromatic carbocycles. The molecule has 0 spiro atoms. The smallest absolute Gasteiger partial charge is 0.354 e. The number of fused-ring (bicyclic) bond motifs is 1. The van der Waals surface area contributed by atoms with E-state index in [9.17, 15) is 9.36 Å². The Hall–Kier alpha value is -2.80. The van der Waals surface area contributed by atoms with Crippen molar-refractivity contribution >= 4 is 46.9 Å². The Morgan fingerprint density at radius 2 is 1.80 bits per heavy atom. The predicted octanol–water partition coefficient (Wildman–Crippen LogP) is 6.95. The Morgan fingerprint density at radius 3 is 2.46 bits per heavy atom. The van der Waals surface area contributed by atoms with Gasteiger partial charge < -0.3 is 14.0 Å². The first-order valence-corrected chi connectivity index (χ1v) is 14.4. The van der Waals surface area contributed by atoms with E-state index in [1.165, 1.54) is 24.8 Å². The molecule has 0 saturated heterocycles. The van der Waals surface area contributed by atoms with Crippen molar-refractivity contribution in [3.63, 3.8) is 0 Å². The third-order valence-corrected chi connectivity index (χ3v) is 10.1. The number of hydrogen-bond acceptors (Lipinski definition) is 7. The van der Waals surface area contributed by atoms with Gasteiger partial charge in [0.15, 0.2) is 0 Å². The molecule has 0 aromatic heterocycles. The Kier molecular flexibility index (Phi) is 9.78. The van der Waals surface area contributed by atoms with Gasteiger partial charge in [0.1, 0.15) is 12.4 Å². The Balaban J connectivity index is 1.77. The van der Waals surface area contributed by atoms with Gasteiger partial charge in [-0.2, -0.15) is 0 Å². The number of esters is 1. The van der Waals surface area contributed by atoms with Gasteiger partial charge in [-0.05, 0) is 65.5 Å². The molecule has 0 amide bonds. The fourth-order valence-corrected chi connectivity index (χ4v) is 7.81. The number of carbonyl (C=O) groups is 1. The lowest BCUT2D eigenvalue weighted by Crippen LogP contribution is -2.25. The monoisotopic (exact) mass is 514 g/mol. The highest BCUT2D eigenvalue weighted by Crippen LogP contribution is 2.63.